The lowest BCUT2D eigenvalue weighted by atomic mass is 10.00. The van der Waals surface area contributed by atoms with Gasteiger partial charge in [0, 0.05) is 39.9 Å². The third-order valence-corrected chi connectivity index (χ3v) is 4.67. The van der Waals surface area contributed by atoms with Crippen LogP contribution in [-0.4, -0.2) is 49.6 Å². The number of nitrogens with zero attached hydrogens (tertiary/aromatic N) is 4. The van der Waals surface area contributed by atoms with Crippen LogP contribution in [0.2, 0.25) is 0 Å². The van der Waals surface area contributed by atoms with Crippen LogP contribution in [0.5, 0.6) is 0 Å². The molecule has 1 aromatic carbocycles. The Labute approximate surface area is 162 Å². The third-order valence-electron chi connectivity index (χ3n) is 4.67. The molecule has 5 nitrogen and oxygen atoms in total. The summed E-state index contributed by atoms with van der Waals surface area (Å²) >= 11 is 0. The fourth-order valence-electron chi connectivity index (χ4n) is 3.17. The number of pyridine rings is 1. The van der Waals surface area contributed by atoms with Crippen LogP contribution in [0.3, 0.4) is 0 Å². The second-order valence-corrected chi connectivity index (χ2v) is 6.88. The second-order valence-electron chi connectivity index (χ2n) is 6.88. The van der Waals surface area contributed by atoms with E-state index in [1.165, 1.54) is 16.7 Å². The molecule has 1 aliphatic heterocycles. The average molecular weight is 364 g/mol. The molecule has 5 heteroatoms. The first kappa shape index (κ1) is 19.0. The molecule has 1 N–H and O–H groups in total. The maximum absolute atomic E-state index is 4.86. The molecule has 0 saturated heterocycles. The Morgan fingerprint density at radius 1 is 1.22 bits per heavy atom. The van der Waals surface area contributed by atoms with Crippen LogP contribution in [0.1, 0.15) is 24.5 Å². The highest BCUT2D eigenvalue weighted by molar-refractivity contribution is 5.81. The molecule has 0 atom stereocenters. The van der Waals surface area contributed by atoms with Gasteiger partial charge in [0.1, 0.15) is 5.82 Å². The van der Waals surface area contributed by atoms with Gasteiger partial charge in [-0.15, -0.1) is 0 Å². The summed E-state index contributed by atoms with van der Waals surface area (Å²) in [6.45, 7) is 5.49. The summed E-state index contributed by atoms with van der Waals surface area (Å²) in [6.07, 6.45) is 5.21. The highest BCUT2D eigenvalue weighted by Gasteiger charge is 2.16. The van der Waals surface area contributed by atoms with Crippen molar-refractivity contribution >= 4 is 17.4 Å². The van der Waals surface area contributed by atoms with E-state index in [-0.39, 0.29) is 0 Å². The van der Waals surface area contributed by atoms with Gasteiger partial charge in [-0.3, -0.25) is 0 Å². The molecular formula is C22H29N5. The van der Waals surface area contributed by atoms with Crippen molar-refractivity contribution in [2.45, 2.75) is 19.9 Å². The molecule has 0 unspecified atom stereocenters. The molecule has 0 fully saturated rings. The lowest BCUT2D eigenvalue weighted by molar-refractivity contribution is 0.440. The number of aliphatic imine (C=N–C) groups is 1. The Balaban J connectivity index is 1.69. The summed E-state index contributed by atoms with van der Waals surface area (Å²) in [7, 11) is 4.01. The van der Waals surface area contributed by atoms with Gasteiger partial charge in [0.25, 0.3) is 0 Å². The summed E-state index contributed by atoms with van der Waals surface area (Å²) < 4.78 is 0. The number of hydrogen-bond donors (Lipinski definition) is 1. The number of benzene rings is 1. The quantitative estimate of drug-likeness (QED) is 0.653. The molecule has 1 aromatic heterocycles. The minimum Gasteiger partial charge on any atom is -0.363 e. The van der Waals surface area contributed by atoms with Crippen molar-refractivity contribution in [3.05, 3.63) is 65.9 Å². The Kier molecular flexibility index (Phi) is 6.47. The van der Waals surface area contributed by atoms with Crippen LogP contribution in [0, 0.1) is 0 Å². The van der Waals surface area contributed by atoms with Crippen molar-refractivity contribution in [2.24, 2.45) is 4.99 Å². The fraction of sp³-hybridized carbons (Fsp3) is 0.364. The largest absolute Gasteiger partial charge is 0.363 e. The SMILES string of the molecule is CCNC(=NCc1ccnc(N(C)C)c1)N1CC=C(c2ccccc2)CC1. The Morgan fingerprint density at radius 2 is 2.04 bits per heavy atom. The van der Waals surface area contributed by atoms with E-state index in [9.17, 15) is 0 Å². The van der Waals surface area contributed by atoms with Crippen LogP contribution in [0.25, 0.3) is 5.57 Å². The van der Waals surface area contributed by atoms with Gasteiger partial charge in [-0.25, -0.2) is 9.98 Å². The predicted molar refractivity (Wildman–Crippen MR) is 114 cm³/mol. The average Bonchev–Trinajstić information content (AvgIpc) is 2.72. The van der Waals surface area contributed by atoms with E-state index in [1.54, 1.807) is 0 Å². The Hall–Kier alpha value is -2.82. The number of hydrogen-bond acceptors (Lipinski definition) is 3. The Morgan fingerprint density at radius 3 is 2.70 bits per heavy atom. The summed E-state index contributed by atoms with van der Waals surface area (Å²) in [5, 5.41) is 3.44. The molecule has 142 valence electrons. The van der Waals surface area contributed by atoms with Gasteiger partial charge in [0.2, 0.25) is 0 Å². The third kappa shape index (κ3) is 5.09. The normalized spacial score (nSPS) is 14.7. The minimum absolute atomic E-state index is 0.650. The molecule has 0 saturated carbocycles. The van der Waals surface area contributed by atoms with Gasteiger partial charge >= 0.3 is 0 Å². The first-order valence-electron chi connectivity index (χ1n) is 9.57. The summed E-state index contributed by atoms with van der Waals surface area (Å²) in [5.74, 6) is 1.94. The van der Waals surface area contributed by atoms with Gasteiger partial charge < -0.3 is 15.1 Å². The van der Waals surface area contributed by atoms with E-state index in [1.807, 2.05) is 31.3 Å². The smallest absolute Gasteiger partial charge is 0.194 e. The molecule has 0 spiro atoms. The van der Waals surface area contributed by atoms with Crippen molar-refractivity contribution in [3.63, 3.8) is 0 Å². The molecule has 0 amide bonds. The van der Waals surface area contributed by atoms with Crippen molar-refractivity contribution in [1.29, 1.82) is 0 Å². The fourth-order valence-corrected chi connectivity index (χ4v) is 3.17. The van der Waals surface area contributed by atoms with Gasteiger partial charge in [0.05, 0.1) is 6.54 Å². The molecule has 3 rings (SSSR count). The summed E-state index contributed by atoms with van der Waals surface area (Å²) in [6, 6.07) is 14.8. The monoisotopic (exact) mass is 363 g/mol. The number of nitrogens with one attached hydrogen (secondary N) is 1. The molecule has 2 aromatic rings. The van der Waals surface area contributed by atoms with Crippen molar-refractivity contribution in [1.82, 2.24) is 15.2 Å². The van der Waals surface area contributed by atoms with Gasteiger partial charge in [-0.2, -0.15) is 0 Å². The van der Waals surface area contributed by atoms with E-state index < -0.39 is 0 Å². The highest BCUT2D eigenvalue weighted by Crippen LogP contribution is 2.22. The molecule has 2 heterocycles. The van der Waals surface area contributed by atoms with Crippen molar-refractivity contribution < 1.29 is 0 Å². The van der Waals surface area contributed by atoms with Crippen LogP contribution in [0.15, 0.2) is 59.7 Å². The molecule has 1 aliphatic rings. The van der Waals surface area contributed by atoms with Crippen molar-refractivity contribution in [2.75, 3.05) is 38.6 Å². The number of anilines is 1. The molecule has 0 radical (unpaired) electrons. The molecule has 0 bridgehead atoms. The number of aromatic nitrogens is 1. The maximum atomic E-state index is 4.86. The number of guanidine groups is 1. The summed E-state index contributed by atoms with van der Waals surface area (Å²) in [4.78, 5) is 13.6. The van der Waals surface area contributed by atoms with E-state index in [0.29, 0.717) is 6.54 Å². The standard InChI is InChI=1S/C22H29N5/c1-4-23-22(25-17-18-10-13-24-21(16-18)26(2)3)27-14-11-20(12-15-27)19-8-6-5-7-9-19/h5-11,13,16H,4,12,14-15,17H2,1-3H3,(H,23,25). The lowest BCUT2D eigenvalue weighted by Gasteiger charge is -2.30. The molecular weight excluding hydrogens is 334 g/mol. The van der Waals surface area contributed by atoms with Gasteiger partial charge in [-0.1, -0.05) is 36.4 Å². The predicted octanol–water partition coefficient (Wildman–Crippen LogP) is 3.40. The van der Waals surface area contributed by atoms with Crippen LogP contribution < -0.4 is 10.2 Å². The van der Waals surface area contributed by atoms with E-state index >= 15 is 0 Å². The first-order valence-corrected chi connectivity index (χ1v) is 9.57. The van der Waals surface area contributed by atoms with Gasteiger partial charge in [-0.05, 0) is 42.2 Å². The summed E-state index contributed by atoms with van der Waals surface area (Å²) in [5.41, 5.74) is 3.92. The van der Waals surface area contributed by atoms with Crippen LogP contribution in [-0.2, 0) is 6.54 Å². The molecule has 27 heavy (non-hydrogen) atoms. The van der Waals surface area contributed by atoms with E-state index in [2.05, 4.69) is 64.6 Å². The van der Waals surface area contributed by atoms with E-state index in [4.69, 9.17) is 4.99 Å². The topological polar surface area (TPSA) is 43.8 Å². The number of rotatable bonds is 5. The zero-order valence-corrected chi connectivity index (χ0v) is 16.5. The zero-order chi connectivity index (χ0) is 19.1. The minimum atomic E-state index is 0.650. The second kappa shape index (κ2) is 9.21. The van der Waals surface area contributed by atoms with Crippen LogP contribution >= 0.6 is 0 Å². The first-order chi connectivity index (χ1) is 13.2. The van der Waals surface area contributed by atoms with Crippen LogP contribution in [0.4, 0.5) is 5.82 Å². The zero-order valence-electron chi connectivity index (χ0n) is 16.5. The van der Waals surface area contributed by atoms with E-state index in [0.717, 1.165) is 37.8 Å². The lowest BCUT2D eigenvalue weighted by Crippen LogP contribution is -2.43. The highest BCUT2D eigenvalue weighted by atomic mass is 15.3. The van der Waals surface area contributed by atoms with Crippen molar-refractivity contribution in [3.8, 4) is 0 Å². The molecule has 0 aliphatic carbocycles. The van der Waals surface area contributed by atoms with Gasteiger partial charge in [0.15, 0.2) is 5.96 Å². The Bertz CT molecular complexity index is 795. The maximum Gasteiger partial charge on any atom is 0.194 e.